The summed E-state index contributed by atoms with van der Waals surface area (Å²) in [6.07, 6.45) is 0. The molecule has 0 heterocycles. The highest BCUT2D eigenvalue weighted by atomic mass is 32.2. The Morgan fingerprint density at radius 1 is 1.32 bits per heavy atom. The quantitative estimate of drug-likeness (QED) is 0.771. The molecule has 1 atom stereocenters. The molecule has 3 N–H and O–H groups in total. The smallest absolute Gasteiger partial charge is 0.383 e. The van der Waals surface area contributed by atoms with Crippen molar-refractivity contribution in [1.82, 2.24) is 0 Å². The van der Waals surface area contributed by atoms with Gasteiger partial charge in [0.05, 0.1) is 17.8 Å². The fourth-order valence-corrected chi connectivity index (χ4v) is 2.61. The maximum absolute atomic E-state index is 13.2. The minimum Gasteiger partial charge on any atom is -0.383 e. The van der Waals surface area contributed by atoms with Crippen LogP contribution >= 0.6 is 0 Å². The lowest BCUT2D eigenvalue weighted by Gasteiger charge is -2.25. The third-order valence-corrected chi connectivity index (χ3v) is 4.22. The molecular weight excluding hydrogens is 328 g/mol. The Morgan fingerprint density at radius 3 is 2.41 bits per heavy atom. The van der Waals surface area contributed by atoms with Crippen LogP contribution in [0.25, 0.3) is 0 Å². The third kappa shape index (κ3) is 4.31. The largest absolute Gasteiger partial charge is 0.501 e. The molecule has 10 heteroatoms. The average Bonchev–Trinajstić information content (AvgIpc) is 2.35. The Balaban J connectivity index is 3.18. The van der Waals surface area contributed by atoms with Gasteiger partial charge in [0.1, 0.15) is 10.7 Å². The normalized spacial score (nSPS) is 15.4. The molecule has 0 aliphatic carbocycles. The number of nitrogens with two attached hydrogens (primary N) is 1. The summed E-state index contributed by atoms with van der Waals surface area (Å²) in [5.41, 5.74) is -1.05. The zero-order chi connectivity index (χ0) is 17.2. The van der Waals surface area contributed by atoms with Crippen LogP contribution in [0, 0.1) is 5.82 Å². The summed E-state index contributed by atoms with van der Waals surface area (Å²) in [4.78, 5) is -1.19. The van der Waals surface area contributed by atoms with Crippen molar-refractivity contribution in [3.05, 3.63) is 24.0 Å². The van der Waals surface area contributed by atoms with Gasteiger partial charge in [0.2, 0.25) is 0 Å². The van der Waals surface area contributed by atoms with Crippen LogP contribution in [-0.4, -0.2) is 39.7 Å². The fourth-order valence-electron chi connectivity index (χ4n) is 1.67. The number of rotatable bonds is 6. The lowest BCUT2D eigenvalue weighted by molar-refractivity contribution is -0.0435. The highest BCUT2D eigenvalue weighted by molar-refractivity contribution is 7.92. The molecular formula is C12H16F4N2O3S. The number of alkyl halides is 3. The zero-order valence-electron chi connectivity index (χ0n) is 11.9. The Bertz CT molecular complexity index is 630. The van der Waals surface area contributed by atoms with Crippen molar-refractivity contribution < 1.29 is 30.7 Å². The Hall–Kier alpha value is -1.39. The molecule has 0 saturated heterocycles. The molecule has 0 aromatic heterocycles. The Labute approximate surface area is 125 Å². The van der Waals surface area contributed by atoms with Crippen LogP contribution in [0.15, 0.2) is 23.1 Å². The first-order chi connectivity index (χ1) is 9.90. The van der Waals surface area contributed by atoms with Gasteiger partial charge in [0, 0.05) is 13.7 Å². The minimum atomic E-state index is -5.68. The maximum atomic E-state index is 13.2. The number of halogens is 4. The number of sulfone groups is 1. The Morgan fingerprint density at radius 2 is 1.91 bits per heavy atom. The van der Waals surface area contributed by atoms with Crippen LogP contribution in [0.5, 0.6) is 0 Å². The summed E-state index contributed by atoms with van der Waals surface area (Å²) < 4.78 is 78.9. The van der Waals surface area contributed by atoms with E-state index in [0.717, 1.165) is 12.1 Å². The molecule has 0 bridgehead atoms. The monoisotopic (exact) mass is 344 g/mol. The standard InChI is InChI=1S/C12H16F4N2O3S/c1-11(17,7-21-2)6-18-9-4-3-8(13)5-10(9)22(19,20)12(14,15)16/h3-5,18H,6-7,17H2,1-2H3/t11-/m1/s1. The minimum absolute atomic E-state index is 0.0765. The first kappa shape index (κ1) is 18.7. The SMILES string of the molecule is COC[C@](C)(N)CNc1ccc(F)cc1S(=O)(=O)C(F)(F)F. The van der Waals surface area contributed by atoms with Gasteiger partial charge in [-0.05, 0) is 25.1 Å². The van der Waals surface area contributed by atoms with E-state index in [4.69, 9.17) is 10.5 Å². The number of hydrogen-bond donors (Lipinski definition) is 2. The van der Waals surface area contributed by atoms with E-state index >= 15 is 0 Å². The molecule has 1 aromatic rings. The second kappa shape index (κ2) is 6.39. The summed E-state index contributed by atoms with van der Waals surface area (Å²) >= 11 is 0. The summed E-state index contributed by atoms with van der Waals surface area (Å²) in [6.45, 7) is 1.57. The van der Waals surface area contributed by atoms with Gasteiger partial charge in [0.25, 0.3) is 9.84 Å². The first-order valence-corrected chi connectivity index (χ1v) is 7.51. The van der Waals surface area contributed by atoms with Gasteiger partial charge in [-0.3, -0.25) is 0 Å². The number of nitrogens with one attached hydrogen (secondary N) is 1. The van der Waals surface area contributed by atoms with E-state index in [0.29, 0.717) is 6.07 Å². The van der Waals surface area contributed by atoms with E-state index in [1.807, 2.05) is 0 Å². The van der Waals surface area contributed by atoms with E-state index < -0.39 is 31.6 Å². The molecule has 126 valence electrons. The van der Waals surface area contributed by atoms with Gasteiger partial charge in [0.15, 0.2) is 0 Å². The molecule has 0 unspecified atom stereocenters. The molecule has 5 nitrogen and oxygen atoms in total. The lowest BCUT2D eigenvalue weighted by Crippen LogP contribution is -2.47. The average molecular weight is 344 g/mol. The zero-order valence-corrected chi connectivity index (χ0v) is 12.7. The predicted molar refractivity (Wildman–Crippen MR) is 72.6 cm³/mol. The van der Waals surface area contributed by atoms with E-state index in [-0.39, 0.29) is 18.8 Å². The van der Waals surface area contributed by atoms with Crippen molar-refractivity contribution in [2.45, 2.75) is 22.9 Å². The maximum Gasteiger partial charge on any atom is 0.501 e. The predicted octanol–water partition coefficient (Wildman–Crippen LogP) is 1.89. The summed E-state index contributed by atoms with van der Waals surface area (Å²) in [7, 11) is -4.29. The Kier molecular flexibility index (Phi) is 5.42. The van der Waals surface area contributed by atoms with Crippen LogP contribution in [0.1, 0.15) is 6.92 Å². The van der Waals surface area contributed by atoms with Crippen molar-refractivity contribution in [2.75, 3.05) is 25.6 Å². The highest BCUT2D eigenvalue weighted by Crippen LogP contribution is 2.34. The van der Waals surface area contributed by atoms with Crippen LogP contribution < -0.4 is 11.1 Å². The topological polar surface area (TPSA) is 81.4 Å². The number of hydrogen-bond acceptors (Lipinski definition) is 5. The van der Waals surface area contributed by atoms with Crippen molar-refractivity contribution in [3.63, 3.8) is 0 Å². The summed E-state index contributed by atoms with van der Waals surface area (Å²) in [6, 6.07) is 2.08. The van der Waals surface area contributed by atoms with Crippen molar-refractivity contribution >= 4 is 15.5 Å². The number of anilines is 1. The molecule has 1 rings (SSSR count). The molecule has 0 radical (unpaired) electrons. The van der Waals surface area contributed by atoms with Gasteiger partial charge in [-0.25, -0.2) is 12.8 Å². The van der Waals surface area contributed by atoms with Crippen molar-refractivity contribution in [3.8, 4) is 0 Å². The molecule has 0 aliphatic heterocycles. The van der Waals surface area contributed by atoms with Crippen LogP contribution in [-0.2, 0) is 14.6 Å². The van der Waals surface area contributed by atoms with E-state index in [9.17, 15) is 26.0 Å². The van der Waals surface area contributed by atoms with E-state index in [1.54, 1.807) is 6.92 Å². The second-order valence-electron chi connectivity index (χ2n) is 5.03. The van der Waals surface area contributed by atoms with Crippen molar-refractivity contribution in [2.24, 2.45) is 5.73 Å². The number of ether oxygens (including phenoxy) is 1. The molecule has 1 aromatic carbocycles. The fraction of sp³-hybridized carbons (Fsp3) is 0.500. The lowest BCUT2D eigenvalue weighted by atomic mass is 10.1. The summed E-state index contributed by atoms with van der Waals surface area (Å²) in [5.74, 6) is -1.10. The van der Waals surface area contributed by atoms with Crippen LogP contribution in [0.4, 0.5) is 23.2 Å². The molecule has 0 fully saturated rings. The third-order valence-electron chi connectivity index (χ3n) is 2.69. The molecule has 0 amide bonds. The molecule has 0 saturated carbocycles. The van der Waals surface area contributed by atoms with Gasteiger partial charge >= 0.3 is 5.51 Å². The van der Waals surface area contributed by atoms with E-state index in [2.05, 4.69) is 5.32 Å². The first-order valence-electron chi connectivity index (χ1n) is 6.03. The molecule has 22 heavy (non-hydrogen) atoms. The van der Waals surface area contributed by atoms with Gasteiger partial charge in [-0.2, -0.15) is 13.2 Å². The second-order valence-corrected chi connectivity index (χ2v) is 6.94. The van der Waals surface area contributed by atoms with Crippen LogP contribution in [0.2, 0.25) is 0 Å². The van der Waals surface area contributed by atoms with Gasteiger partial charge in [-0.1, -0.05) is 0 Å². The highest BCUT2D eigenvalue weighted by Gasteiger charge is 2.48. The molecule has 0 aliphatic rings. The molecule has 0 spiro atoms. The number of methoxy groups -OCH3 is 1. The number of benzene rings is 1. The summed E-state index contributed by atoms with van der Waals surface area (Å²) in [5, 5.41) is 2.49. The van der Waals surface area contributed by atoms with E-state index in [1.165, 1.54) is 7.11 Å². The van der Waals surface area contributed by atoms with Crippen molar-refractivity contribution in [1.29, 1.82) is 0 Å². The van der Waals surface area contributed by atoms with Crippen LogP contribution in [0.3, 0.4) is 0 Å². The van der Waals surface area contributed by atoms with Gasteiger partial charge in [-0.15, -0.1) is 0 Å². The van der Waals surface area contributed by atoms with Gasteiger partial charge < -0.3 is 15.8 Å².